The van der Waals surface area contributed by atoms with E-state index in [1.807, 2.05) is 0 Å². The van der Waals surface area contributed by atoms with Crippen molar-refractivity contribution < 1.29 is 51.4 Å². The van der Waals surface area contributed by atoms with Gasteiger partial charge in [0.15, 0.2) is 0 Å². The van der Waals surface area contributed by atoms with E-state index in [2.05, 4.69) is 17.2 Å². The van der Waals surface area contributed by atoms with Gasteiger partial charge in [-0.2, -0.15) is 0 Å². The molecule has 0 aromatic carbocycles. The van der Waals surface area contributed by atoms with E-state index in [1.54, 1.807) is 0 Å². The number of hydrogen-bond acceptors (Lipinski definition) is 3. The SMILES string of the molecule is C.CN.CN.CN.[B].[B]B([B])B([B-])B(B(B([B])[B])B([B])[B])B(B(B([B])[B])B([B])[B])B(B([B])[B])B([B])[B].[K+]. The molecule has 37 heavy (non-hydrogen) atoms. The Kier molecular flexibility index (Phi) is 49.1. The average Bonchev–Trinajstić information content (AvgIpc) is 2.73. The minimum Gasteiger partial charge on any atom is -0.687 e. The molecule has 0 aliphatic carbocycles. The molecule has 0 saturated carbocycles. The van der Waals surface area contributed by atoms with Gasteiger partial charge in [0, 0.05) is 8.41 Å². The van der Waals surface area contributed by atoms with E-state index in [0.29, 0.717) is 0 Å². The Labute approximate surface area is 301 Å². The zero-order valence-corrected chi connectivity index (χ0v) is 25.6. The monoisotopic (exact) mass is 467 g/mol. The summed E-state index contributed by atoms with van der Waals surface area (Å²) in [6.07, 6.45) is -12.2. The van der Waals surface area contributed by atoms with Crippen LogP contribution in [0.15, 0.2) is 0 Å². The van der Waals surface area contributed by atoms with Gasteiger partial charge in [-0.15, -0.1) is 0 Å². The molecule has 33 heteroatoms. The van der Waals surface area contributed by atoms with Gasteiger partial charge >= 0.3 is 51.4 Å². The number of nitrogens with two attached hydrogens (primary N) is 3. The summed E-state index contributed by atoms with van der Waals surface area (Å²) in [7, 11) is 94.1. The maximum atomic E-state index is 6.32. The third kappa shape index (κ3) is 20.9. The summed E-state index contributed by atoms with van der Waals surface area (Å²) in [5.41, 5.74) is 13.5. The summed E-state index contributed by atoms with van der Waals surface area (Å²) in [4.78, 5) is 0. The van der Waals surface area contributed by atoms with Gasteiger partial charge in [0.2, 0.25) is 0 Å². The van der Waals surface area contributed by atoms with Gasteiger partial charge in [0.1, 0.15) is 0 Å². The fraction of sp³-hybridized carbons (Fsp3) is 1.00. The van der Waals surface area contributed by atoms with Gasteiger partial charge in [-0.05, 0) is 206 Å². The van der Waals surface area contributed by atoms with Crippen molar-refractivity contribution in [2.24, 2.45) is 17.2 Å². The maximum Gasteiger partial charge on any atom is 1.00 e. The zero-order valence-electron chi connectivity index (χ0n) is 22.5. The average molecular weight is 462 g/mol. The summed E-state index contributed by atoms with van der Waals surface area (Å²) >= 11 is 0. The van der Waals surface area contributed by atoms with Crippen molar-refractivity contribution in [1.82, 2.24) is 0 Å². The van der Waals surface area contributed by atoms with Crippen molar-refractivity contribution >= 4 is 207 Å². The molecule has 138 valence electrons. The topological polar surface area (TPSA) is 78.1 Å². The van der Waals surface area contributed by atoms with E-state index in [-0.39, 0.29) is 67.2 Å². The first kappa shape index (κ1) is 56.2. The summed E-state index contributed by atoms with van der Waals surface area (Å²) in [5.74, 6) is 0. The molecule has 0 unspecified atom stereocenters. The fourth-order valence-corrected chi connectivity index (χ4v) is 4.11. The molecular weight excluding hydrogens is 443 g/mol. The first-order valence-electron chi connectivity index (χ1n) is 10.7. The van der Waals surface area contributed by atoms with E-state index in [9.17, 15) is 0 Å². The second kappa shape index (κ2) is 32.3. The Morgan fingerprint density at radius 2 is 0.541 bits per heavy atom. The molecule has 0 aromatic heterocycles. The van der Waals surface area contributed by atoms with Gasteiger partial charge in [-0.25, -0.2) is 6.39 Å². The second-order valence-corrected chi connectivity index (χ2v) is 7.51. The van der Waals surface area contributed by atoms with Gasteiger partial charge in [-0.3, -0.25) is 0 Å². The molecule has 3 nitrogen and oxygen atoms in total. The maximum absolute atomic E-state index is 6.32. The van der Waals surface area contributed by atoms with Crippen molar-refractivity contribution in [2.45, 2.75) is 7.43 Å². The molecule has 0 bridgehead atoms. The van der Waals surface area contributed by atoms with Crippen LogP contribution in [0.5, 0.6) is 0 Å². The van der Waals surface area contributed by atoms with Crippen LogP contribution < -0.4 is 68.6 Å². The molecule has 0 aliphatic heterocycles. The first-order chi connectivity index (χ1) is 15.7. The normalized spacial score (nSPS) is 7.65. The minimum atomic E-state index is -1.03. The van der Waals surface area contributed by atoms with Crippen molar-refractivity contribution in [1.29, 1.82) is 0 Å². The molecule has 0 aromatic rings. The van der Waals surface area contributed by atoms with Crippen LogP contribution in [0.4, 0.5) is 0 Å². The van der Waals surface area contributed by atoms with Crippen LogP contribution in [0.1, 0.15) is 7.43 Å². The third-order valence-corrected chi connectivity index (χ3v) is 5.33. The number of hydrogen-bond donors (Lipinski definition) is 3. The quantitative estimate of drug-likeness (QED) is 0.253. The van der Waals surface area contributed by atoms with E-state index in [4.69, 9.17) is 116 Å². The second-order valence-electron chi connectivity index (χ2n) is 7.51. The molecule has 0 aliphatic rings. The van der Waals surface area contributed by atoms with Gasteiger partial charge < -0.3 is 24.9 Å². The standard InChI is InChI=1S/3CH5N.CH4.B28.B.K/c3*1-2;;1-16(2)23(15)27(24(17(3)4)18(5)6)28(25(19(7)8)20(9)10)26(21(11)12)22(13)14;;/h3*2H2,1H3;1H4;;;/q;;;;-1;;+1. The molecule has 0 rings (SSSR count). The van der Waals surface area contributed by atoms with Gasteiger partial charge in [0.05, 0.1) is 0 Å². The van der Waals surface area contributed by atoms with Crippen LogP contribution in [0.2, 0.25) is 0 Å². The predicted molar refractivity (Wildman–Crippen MR) is 204 cm³/mol. The van der Waals surface area contributed by atoms with Crippen LogP contribution in [-0.2, 0) is 0 Å². The van der Waals surface area contributed by atoms with Gasteiger partial charge in [0.25, 0.3) is 0 Å². The molecule has 0 saturated heterocycles. The van der Waals surface area contributed by atoms with Crippen LogP contribution >= 0.6 is 0 Å². The molecule has 0 atom stereocenters. The molecule has 34 radical (unpaired) electrons. The van der Waals surface area contributed by atoms with E-state index in [1.165, 1.54) is 21.1 Å². The summed E-state index contributed by atoms with van der Waals surface area (Å²) < 4.78 is 0. The molecule has 0 amide bonds. The van der Waals surface area contributed by atoms with Crippen molar-refractivity contribution in [3.8, 4) is 0 Å². The Balaban J connectivity index is -0.000000185. The van der Waals surface area contributed by atoms with Crippen LogP contribution in [0.3, 0.4) is 0 Å². The molecule has 0 spiro atoms. The van der Waals surface area contributed by atoms with Crippen molar-refractivity contribution in [2.75, 3.05) is 21.1 Å². The summed E-state index contributed by atoms with van der Waals surface area (Å²) in [6, 6.07) is 0. The zero-order chi connectivity index (χ0) is 28.5. The number of rotatable bonds is 12. The Morgan fingerprint density at radius 3 is 0.676 bits per heavy atom. The van der Waals surface area contributed by atoms with Gasteiger partial charge in [-0.1, -0.05) is 7.43 Å². The Morgan fingerprint density at radius 1 is 0.378 bits per heavy atom. The Hall–Kier alpha value is 3.40. The third-order valence-electron chi connectivity index (χ3n) is 5.33. The van der Waals surface area contributed by atoms with Crippen LogP contribution in [-0.4, -0.2) is 229 Å². The van der Waals surface area contributed by atoms with Crippen LogP contribution in [0.25, 0.3) is 0 Å². The largest absolute Gasteiger partial charge is 1.00 e. The van der Waals surface area contributed by atoms with Crippen molar-refractivity contribution in [3.05, 3.63) is 0 Å². The predicted octanol–water partition coefficient (Wildman–Crippen LogP) is -14.7. The summed E-state index contributed by atoms with van der Waals surface area (Å²) in [5, 5.41) is 0. The van der Waals surface area contributed by atoms with Crippen molar-refractivity contribution in [3.63, 3.8) is 0 Å². The molecular formula is C4H19B29KN3. The summed E-state index contributed by atoms with van der Waals surface area (Å²) in [6.45, 7) is 0. The van der Waals surface area contributed by atoms with E-state index < -0.39 is 83.0 Å². The van der Waals surface area contributed by atoms with Crippen LogP contribution in [0, 0.1) is 0 Å². The molecule has 6 N–H and O–H groups in total. The molecule has 0 heterocycles. The van der Waals surface area contributed by atoms with E-state index in [0.717, 1.165) is 0 Å². The smallest absolute Gasteiger partial charge is 0.687 e. The fourth-order valence-electron chi connectivity index (χ4n) is 4.11. The molecule has 0 fully saturated rings. The van der Waals surface area contributed by atoms with E-state index >= 15 is 0 Å². The first-order valence-corrected chi connectivity index (χ1v) is 10.7. The Bertz CT molecular complexity index is 393. The minimum absolute atomic E-state index is 0.